The highest BCUT2D eigenvalue weighted by molar-refractivity contribution is 6.00. The molecule has 0 spiro atoms. The summed E-state index contributed by atoms with van der Waals surface area (Å²) in [5, 5.41) is 18.8. The fourth-order valence-electron chi connectivity index (χ4n) is 6.08. The third-order valence-corrected chi connectivity index (χ3v) is 8.76. The van der Waals surface area contributed by atoms with Crippen LogP contribution in [0.3, 0.4) is 0 Å². The van der Waals surface area contributed by atoms with Crippen molar-refractivity contribution < 1.29 is 19.8 Å². The van der Waals surface area contributed by atoms with Gasteiger partial charge in [0, 0.05) is 64.0 Å². The largest absolute Gasteiger partial charge is 0.400 e. The van der Waals surface area contributed by atoms with E-state index in [-0.39, 0.29) is 23.9 Å². The Morgan fingerprint density at radius 1 is 1.05 bits per heavy atom. The van der Waals surface area contributed by atoms with Crippen LogP contribution in [0.5, 0.6) is 0 Å². The second-order valence-corrected chi connectivity index (χ2v) is 12.2. The van der Waals surface area contributed by atoms with E-state index in [2.05, 4.69) is 0 Å². The van der Waals surface area contributed by atoms with Crippen molar-refractivity contribution in [3.63, 3.8) is 0 Å². The van der Waals surface area contributed by atoms with Crippen LogP contribution in [0.2, 0.25) is 0 Å². The number of benzene rings is 1. The molecule has 2 fully saturated rings. The number of aliphatic hydroxyl groups is 2. The van der Waals surface area contributed by atoms with Crippen LogP contribution in [-0.2, 0) is 11.3 Å². The van der Waals surface area contributed by atoms with E-state index in [1.54, 1.807) is 20.3 Å². The molecule has 1 aliphatic carbocycles. The van der Waals surface area contributed by atoms with Crippen molar-refractivity contribution in [3.8, 4) is 11.1 Å². The molecule has 40 heavy (non-hydrogen) atoms. The number of piperidine rings is 1. The lowest BCUT2D eigenvalue weighted by molar-refractivity contribution is -0.154. The highest BCUT2D eigenvalue weighted by atomic mass is 16.3. The zero-order valence-corrected chi connectivity index (χ0v) is 24.9. The molecule has 8 nitrogen and oxygen atoms in total. The number of carbonyl (C=O) groups excluding carboxylic acids is 2. The standard InChI is InChI=1S/C31H43N3O4.CH4O/c1-30(2)21-33(27(35)16-15-23-11-7-5-8-12-23)18-17-31(30,38)22-34-20-26(29(37)32(3)4)25(19-28(34)36)24-13-9-6-10-14-24;1-2/h6,9-10,13-14,19-20,23,38H,5,7-8,11-12,15-18,21-22H2,1-4H3;2H,1H3. The maximum Gasteiger partial charge on any atom is 0.255 e. The van der Waals surface area contributed by atoms with E-state index in [1.807, 2.05) is 49.1 Å². The molecule has 8 heteroatoms. The van der Waals surface area contributed by atoms with Crippen LogP contribution < -0.4 is 5.56 Å². The van der Waals surface area contributed by atoms with E-state index in [0.29, 0.717) is 43.0 Å². The molecule has 2 heterocycles. The smallest absolute Gasteiger partial charge is 0.255 e. The van der Waals surface area contributed by atoms with Gasteiger partial charge in [-0.2, -0.15) is 0 Å². The molecule has 2 amide bonds. The number of pyridine rings is 1. The minimum Gasteiger partial charge on any atom is -0.400 e. The first kappa shape index (κ1) is 31.6. The first-order valence-electron chi connectivity index (χ1n) is 14.5. The van der Waals surface area contributed by atoms with E-state index >= 15 is 0 Å². The lowest BCUT2D eigenvalue weighted by atomic mass is 9.69. The first-order chi connectivity index (χ1) is 19.0. The van der Waals surface area contributed by atoms with Gasteiger partial charge in [-0.05, 0) is 24.3 Å². The zero-order valence-electron chi connectivity index (χ0n) is 24.9. The van der Waals surface area contributed by atoms with Gasteiger partial charge in [-0.25, -0.2) is 0 Å². The number of likely N-dealkylation sites (tertiary alicyclic amines) is 1. The molecule has 1 unspecified atom stereocenters. The number of aromatic nitrogens is 1. The Labute approximate surface area is 238 Å². The monoisotopic (exact) mass is 553 g/mol. The Bertz CT molecular complexity index is 1200. The Kier molecular flexibility index (Phi) is 10.7. The minimum absolute atomic E-state index is 0.0612. The maximum atomic E-state index is 13.3. The van der Waals surface area contributed by atoms with Crippen molar-refractivity contribution in [1.29, 1.82) is 0 Å². The van der Waals surface area contributed by atoms with Crippen molar-refractivity contribution in [2.24, 2.45) is 11.3 Å². The molecule has 2 aromatic rings. The molecule has 1 aromatic heterocycles. The zero-order chi connectivity index (χ0) is 29.5. The number of hydrogen-bond donors (Lipinski definition) is 2. The first-order valence-corrected chi connectivity index (χ1v) is 14.5. The van der Waals surface area contributed by atoms with Crippen LogP contribution in [0.25, 0.3) is 11.1 Å². The van der Waals surface area contributed by atoms with E-state index in [1.165, 1.54) is 47.6 Å². The summed E-state index contributed by atoms with van der Waals surface area (Å²) in [5.41, 5.74) is -0.318. The van der Waals surface area contributed by atoms with E-state index in [4.69, 9.17) is 5.11 Å². The molecule has 1 aromatic carbocycles. The predicted molar refractivity (Wildman–Crippen MR) is 158 cm³/mol. The fraction of sp³-hybridized carbons (Fsp3) is 0.594. The third kappa shape index (κ3) is 7.21. The van der Waals surface area contributed by atoms with Gasteiger partial charge in [0.25, 0.3) is 11.5 Å². The fourth-order valence-corrected chi connectivity index (χ4v) is 6.08. The van der Waals surface area contributed by atoms with Gasteiger partial charge < -0.3 is 24.6 Å². The molecule has 1 atom stereocenters. The molecule has 1 aliphatic heterocycles. The van der Waals surface area contributed by atoms with Crippen molar-refractivity contribution in [2.75, 3.05) is 34.3 Å². The summed E-state index contributed by atoms with van der Waals surface area (Å²) in [5.74, 6) is 0.614. The summed E-state index contributed by atoms with van der Waals surface area (Å²) in [6.45, 7) is 4.88. The average Bonchev–Trinajstić information content (AvgIpc) is 2.95. The Morgan fingerprint density at radius 3 is 2.30 bits per heavy atom. The van der Waals surface area contributed by atoms with Crippen LogP contribution in [0.4, 0.5) is 0 Å². The SMILES string of the molecule is CN(C)C(=O)c1cn(CC2(O)CCN(C(=O)CCC3CCCCC3)CC2(C)C)c(=O)cc1-c1ccccc1.CO. The quantitative estimate of drug-likeness (QED) is 0.536. The third-order valence-electron chi connectivity index (χ3n) is 8.76. The van der Waals surface area contributed by atoms with Crippen molar-refractivity contribution >= 4 is 11.8 Å². The summed E-state index contributed by atoms with van der Waals surface area (Å²) in [7, 11) is 4.37. The van der Waals surface area contributed by atoms with E-state index < -0.39 is 11.0 Å². The summed E-state index contributed by atoms with van der Waals surface area (Å²) >= 11 is 0. The molecule has 2 aliphatic rings. The number of nitrogens with zero attached hydrogens (tertiary/aromatic N) is 3. The van der Waals surface area contributed by atoms with Gasteiger partial charge in [0.05, 0.1) is 17.7 Å². The Hall–Kier alpha value is -2.97. The summed E-state index contributed by atoms with van der Waals surface area (Å²) in [4.78, 5) is 42.8. The molecule has 1 saturated heterocycles. The lowest BCUT2D eigenvalue weighted by Gasteiger charge is -2.50. The second kappa shape index (κ2) is 13.6. The van der Waals surface area contributed by atoms with Crippen LogP contribution in [0.15, 0.2) is 47.4 Å². The van der Waals surface area contributed by atoms with Gasteiger partial charge in [0.2, 0.25) is 5.91 Å². The summed E-state index contributed by atoms with van der Waals surface area (Å²) < 4.78 is 1.46. The molecular formula is C32H47N3O5. The van der Waals surface area contributed by atoms with Gasteiger partial charge >= 0.3 is 0 Å². The van der Waals surface area contributed by atoms with Crippen molar-refractivity contribution in [1.82, 2.24) is 14.4 Å². The van der Waals surface area contributed by atoms with E-state index in [0.717, 1.165) is 19.1 Å². The molecule has 4 rings (SSSR count). The number of rotatable bonds is 7. The minimum atomic E-state index is -1.20. The lowest BCUT2D eigenvalue weighted by Crippen LogP contribution is -2.60. The van der Waals surface area contributed by atoms with Gasteiger partial charge in [-0.15, -0.1) is 0 Å². The molecule has 0 bridgehead atoms. The average molecular weight is 554 g/mol. The highest BCUT2D eigenvalue weighted by Gasteiger charge is 2.49. The van der Waals surface area contributed by atoms with Gasteiger partial charge in [-0.1, -0.05) is 76.3 Å². The number of carbonyl (C=O) groups is 2. The molecule has 1 saturated carbocycles. The number of amides is 2. The molecule has 220 valence electrons. The van der Waals surface area contributed by atoms with Crippen LogP contribution in [-0.4, -0.2) is 76.3 Å². The van der Waals surface area contributed by atoms with Crippen molar-refractivity contribution in [3.05, 3.63) is 58.5 Å². The van der Waals surface area contributed by atoms with Gasteiger partial charge in [-0.3, -0.25) is 14.4 Å². The van der Waals surface area contributed by atoms with Gasteiger partial charge in [0.1, 0.15) is 0 Å². The molecule has 0 radical (unpaired) electrons. The van der Waals surface area contributed by atoms with Crippen molar-refractivity contribution in [2.45, 2.75) is 77.4 Å². The normalized spacial score (nSPS) is 20.8. The molecule has 2 N–H and O–H groups in total. The van der Waals surface area contributed by atoms with Crippen LogP contribution in [0.1, 0.15) is 75.6 Å². The summed E-state index contributed by atoms with van der Waals surface area (Å²) in [6, 6.07) is 10.9. The van der Waals surface area contributed by atoms with Crippen LogP contribution in [0, 0.1) is 11.3 Å². The van der Waals surface area contributed by atoms with E-state index in [9.17, 15) is 19.5 Å². The predicted octanol–water partition coefficient (Wildman–Crippen LogP) is 4.18. The summed E-state index contributed by atoms with van der Waals surface area (Å²) in [6.07, 6.45) is 9.80. The highest BCUT2D eigenvalue weighted by Crippen LogP contribution is 2.40. The Morgan fingerprint density at radius 2 is 1.70 bits per heavy atom. The van der Waals surface area contributed by atoms with Crippen LogP contribution >= 0.6 is 0 Å². The number of hydrogen-bond acceptors (Lipinski definition) is 5. The van der Waals surface area contributed by atoms with Gasteiger partial charge in [0.15, 0.2) is 0 Å². The molecular weight excluding hydrogens is 506 g/mol. The Balaban J connectivity index is 0.00000216. The second-order valence-electron chi connectivity index (χ2n) is 12.2. The topological polar surface area (TPSA) is 103 Å². The number of aliphatic hydroxyl groups excluding tert-OH is 1. The maximum absolute atomic E-state index is 13.3.